The second-order valence-electron chi connectivity index (χ2n) is 5.31. The van der Waals surface area contributed by atoms with Crippen molar-refractivity contribution in [3.63, 3.8) is 0 Å². The molecule has 3 nitrogen and oxygen atoms in total. The molecule has 1 aliphatic rings. The van der Waals surface area contributed by atoms with Crippen molar-refractivity contribution in [1.82, 2.24) is 10.2 Å². The summed E-state index contributed by atoms with van der Waals surface area (Å²) < 4.78 is 0. The molecule has 1 heterocycles. The summed E-state index contributed by atoms with van der Waals surface area (Å²) >= 11 is 0. The molecular formula is C15H24N2O. The van der Waals surface area contributed by atoms with Crippen LogP contribution in [-0.2, 0) is 6.54 Å². The maximum Gasteiger partial charge on any atom is 0.0582 e. The monoisotopic (exact) mass is 248 g/mol. The Hall–Kier alpha value is -0.900. The molecule has 0 aromatic heterocycles. The van der Waals surface area contributed by atoms with E-state index in [1.165, 1.54) is 24.9 Å². The Kier molecular flexibility index (Phi) is 5.17. The quantitative estimate of drug-likeness (QED) is 0.831. The maximum absolute atomic E-state index is 9.09. The van der Waals surface area contributed by atoms with Crippen LogP contribution in [0.25, 0.3) is 0 Å². The van der Waals surface area contributed by atoms with E-state index in [2.05, 4.69) is 40.5 Å². The fraction of sp³-hybridized carbons (Fsp3) is 0.600. The van der Waals surface area contributed by atoms with Crippen molar-refractivity contribution in [2.45, 2.75) is 38.4 Å². The van der Waals surface area contributed by atoms with Crippen LogP contribution in [0.4, 0.5) is 0 Å². The third-order valence-electron chi connectivity index (χ3n) is 3.55. The maximum atomic E-state index is 9.09. The number of rotatable bonds is 5. The number of hydrogen-bond acceptors (Lipinski definition) is 3. The summed E-state index contributed by atoms with van der Waals surface area (Å²) in [7, 11) is 0. The molecule has 1 aliphatic heterocycles. The zero-order chi connectivity index (χ0) is 12.8. The molecule has 1 saturated heterocycles. The summed E-state index contributed by atoms with van der Waals surface area (Å²) in [6, 6.07) is 11.4. The number of piperidine rings is 1. The minimum Gasteiger partial charge on any atom is -0.395 e. The van der Waals surface area contributed by atoms with Crippen molar-refractivity contribution >= 4 is 0 Å². The van der Waals surface area contributed by atoms with E-state index in [1.807, 2.05) is 6.92 Å². The molecule has 18 heavy (non-hydrogen) atoms. The summed E-state index contributed by atoms with van der Waals surface area (Å²) in [4.78, 5) is 2.50. The molecule has 1 aromatic carbocycles. The highest BCUT2D eigenvalue weighted by atomic mass is 16.3. The lowest BCUT2D eigenvalue weighted by Crippen LogP contribution is -2.48. The van der Waals surface area contributed by atoms with E-state index in [0.29, 0.717) is 6.04 Å². The fourth-order valence-electron chi connectivity index (χ4n) is 2.63. The summed E-state index contributed by atoms with van der Waals surface area (Å²) in [6.45, 7) is 5.55. The van der Waals surface area contributed by atoms with Crippen molar-refractivity contribution in [3.05, 3.63) is 35.9 Å². The van der Waals surface area contributed by atoms with Crippen LogP contribution in [-0.4, -0.2) is 41.8 Å². The SMILES string of the molecule is C[C@H](CO)NC1CCCN(Cc2ccccc2)C1. The number of hydrogen-bond donors (Lipinski definition) is 2. The molecule has 2 rings (SSSR count). The average molecular weight is 248 g/mol. The molecule has 1 aromatic rings. The lowest BCUT2D eigenvalue weighted by Gasteiger charge is -2.34. The van der Waals surface area contributed by atoms with Crippen LogP contribution in [0.3, 0.4) is 0 Å². The normalized spacial score (nSPS) is 22.9. The molecule has 0 bridgehead atoms. The predicted octanol–water partition coefficient (Wildman–Crippen LogP) is 1.62. The van der Waals surface area contributed by atoms with Gasteiger partial charge in [0.1, 0.15) is 0 Å². The minimum absolute atomic E-state index is 0.201. The molecule has 0 aliphatic carbocycles. The first-order valence-corrected chi connectivity index (χ1v) is 6.91. The Labute approximate surface area is 110 Å². The van der Waals surface area contributed by atoms with Crippen LogP contribution < -0.4 is 5.32 Å². The van der Waals surface area contributed by atoms with Gasteiger partial charge in [0.05, 0.1) is 6.61 Å². The molecule has 0 saturated carbocycles. The van der Waals surface area contributed by atoms with Gasteiger partial charge in [-0.3, -0.25) is 4.90 Å². The number of aliphatic hydroxyl groups is 1. The first-order chi connectivity index (χ1) is 8.78. The van der Waals surface area contributed by atoms with Crippen LogP contribution in [0.1, 0.15) is 25.3 Å². The van der Waals surface area contributed by atoms with Gasteiger partial charge in [0, 0.05) is 25.2 Å². The highest BCUT2D eigenvalue weighted by Gasteiger charge is 2.20. The Morgan fingerprint density at radius 2 is 2.17 bits per heavy atom. The smallest absolute Gasteiger partial charge is 0.0582 e. The average Bonchev–Trinajstić information content (AvgIpc) is 2.40. The second kappa shape index (κ2) is 6.88. The molecule has 0 radical (unpaired) electrons. The summed E-state index contributed by atoms with van der Waals surface area (Å²) in [5.41, 5.74) is 1.38. The molecule has 1 fully saturated rings. The summed E-state index contributed by atoms with van der Waals surface area (Å²) in [5.74, 6) is 0. The van der Waals surface area contributed by atoms with Gasteiger partial charge in [0.2, 0.25) is 0 Å². The van der Waals surface area contributed by atoms with Crippen molar-refractivity contribution in [1.29, 1.82) is 0 Å². The van der Waals surface area contributed by atoms with Crippen molar-refractivity contribution in [2.24, 2.45) is 0 Å². The third-order valence-corrected chi connectivity index (χ3v) is 3.55. The van der Waals surface area contributed by atoms with E-state index in [9.17, 15) is 0 Å². The highest BCUT2D eigenvalue weighted by molar-refractivity contribution is 5.14. The van der Waals surface area contributed by atoms with E-state index in [1.54, 1.807) is 0 Å². The van der Waals surface area contributed by atoms with Crippen molar-refractivity contribution in [3.8, 4) is 0 Å². The number of benzene rings is 1. The summed E-state index contributed by atoms with van der Waals surface area (Å²) in [5, 5.41) is 12.6. The standard InChI is InChI=1S/C15H24N2O/c1-13(12-18)16-15-8-5-9-17(11-15)10-14-6-3-2-4-7-14/h2-4,6-7,13,15-16,18H,5,8-12H2,1H3/t13-,15?/m1/s1. The highest BCUT2D eigenvalue weighted by Crippen LogP contribution is 2.14. The van der Waals surface area contributed by atoms with Gasteiger partial charge < -0.3 is 10.4 Å². The zero-order valence-electron chi connectivity index (χ0n) is 11.2. The molecule has 1 unspecified atom stereocenters. The Balaban J connectivity index is 1.83. The van der Waals surface area contributed by atoms with E-state index < -0.39 is 0 Å². The van der Waals surface area contributed by atoms with Gasteiger partial charge in [0.25, 0.3) is 0 Å². The Bertz CT molecular complexity index is 342. The largest absolute Gasteiger partial charge is 0.395 e. The molecule has 2 atom stereocenters. The molecule has 0 amide bonds. The third kappa shape index (κ3) is 4.09. The molecule has 2 N–H and O–H groups in total. The van der Waals surface area contributed by atoms with Gasteiger partial charge in [-0.25, -0.2) is 0 Å². The fourth-order valence-corrected chi connectivity index (χ4v) is 2.63. The van der Waals surface area contributed by atoms with Crippen LogP contribution in [0, 0.1) is 0 Å². The van der Waals surface area contributed by atoms with Crippen molar-refractivity contribution < 1.29 is 5.11 Å². The number of aliphatic hydroxyl groups excluding tert-OH is 1. The van der Waals surface area contributed by atoms with Crippen LogP contribution in [0.5, 0.6) is 0 Å². The van der Waals surface area contributed by atoms with Crippen LogP contribution in [0.15, 0.2) is 30.3 Å². The van der Waals surface area contributed by atoms with Gasteiger partial charge in [-0.2, -0.15) is 0 Å². The number of nitrogens with zero attached hydrogens (tertiary/aromatic N) is 1. The molecule has 3 heteroatoms. The number of likely N-dealkylation sites (tertiary alicyclic amines) is 1. The first-order valence-electron chi connectivity index (χ1n) is 6.91. The summed E-state index contributed by atoms with van der Waals surface area (Å²) in [6.07, 6.45) is 2.46. The molecule has 100 valence electrons. The molecular weight excluding hydrogens is 224 g/mol. The topological polar surface area (TPSA) is 35.5 Å². The Morgan fingerprint density at radius 1 is 1.39 bits per heavy atom. The lowest BCUT2D eigenvalue weighted by atomic mass is 10.0. The Morgan fingerprint density at radius 3 is 2.89 bits per heavy atom. The van der Waals surface area contributed by atoms with Crippen molar-refractivity contribution in [2.75, 3.05) is 19.7 Å². The van der Waals surface area contributed by atoms with Gasteiger partial charge in [-0.15, -0.1) is 0 Å². The van der Waals surface area contributed by atoms with E-state index in [-0.39, 0.29) is 12.6 Å². The molecule has 0 spiro atoms. The predicted molar refractivity (Wildman–Crippen MR) is 74.4 cm³/mol. The zero-order valence-corrected chi connectivity index (χ0v) is 11.2. The van der Waals surface area contributed by atoms with E-state index in [0.717, 1.165) is 13.1 Å². The minimum atomic E-state index is 0.201. The first kappa shape index (κ1) is 13.5. The van der Waals surface area contributed by atoms with E-state index in [4.69, 9.17) is 5.11 Å². The van der Waals surface area contributed by atoms with Gasteiger partial charge in [0.15, 0.2) is 0 Å². The lowest BCUT2D eigenvalue weighted by molar-refractivity contribution is 0.162. The van der Waals surface area contributed by atoms with Gasteiger partial charge in [-0.05, 0) is 31.9 Å². The second-order valence-corrected chi connectivity index (χ2v) is 5.31. The van der Waals surface area contributed by atoms with Crippen LogP contribution >= 0.6 is 0 Å². The van der Waals surface area contributed by atoms with E-state index >= 15 is 0 Å². The van der Waals surface area contributed by atoms with Gasteiger partial charge >= 0.3 is 0 Å². The van der Waals surface area contributed by atoms with Gasteiger partial charge in [-0.1, -0.05) is 30.3 Å². The van der Waals surface area contributed by atoms with Crippen LogP contribution in [0.2, 0.25) is 0 Å². The number of nitrogens with one attached hydrogen (secondary N) is 1.